The molecule has 56 heavy (non-hydrogen) atoms. The van der Waals surface area contributed by atoms with E-state index in [0.717, 1.165) is 15.9 Å². The fourth-order valence-corrected chi connectivity index (χ4v) is 17.6. The van der Waals surface area contributed by atoms with E-state index < -0.39 is 100 Å². The summed E-state index contributed by atoms with van der Waals surface area (Å²) in [5.74, 6) is -25.9. The number of hydrogen-bond donors (Lipinski definition) is 0. The van der Waals surface area contributed by atoms with Crippen molar-refractivity contribution in [1.82, 2.24) is 4.74 Å². The van der Waals surface area contributed by atoms with Crippen molar-refractivity contribution in [2.24, 2.45) is 0 Å². The van der Waals surface area contributed by atoms with Crippen molar-refractivity contribution in [1.29, 1.82) is 0 Å². The highest BCUT2D eigenvalue weighted by Gasteiger charge is 2.75. The van der Waals surface area contributed by atoms with Gasteiger partial charge in [0.05, 0.1) is 11.8 Å². The Labute approximate surface area is 320 Å². The third kappa shape index (κ3) is 5.64. The molecular weight excluding hydrogens is 766 g/mol. The van der Waals surface area contributed by atoms with E-state index in [2.05, 4.69) is 0 Å². The molecule has 3 aliphatic rings. The first-order chi connectivity index (χ1) is 26.4. The molecule has 1 aliphatic heterocycles. The molecular formula is C42H41BF10NOP. The van der Waals surface area contributed by atoms with Gasteiger partial charge < -0.3 is 0 Å². The average Bonchev–Trinajstić information content (AvgIpc) is 3.37. The monoisotopic (exact) mass is 807 g/mol. The van der Waals surface area contributed by atoms with Crippen LogP contribution < -0.4 is 21.5 Å². The van der Waals surface area contributed by atoms with Gasteiger partial charge in [-0.15, -0.1) is 10.9 Å². The van der Waals surface area contributed by atoms with Crippen molar-refractivity contribution >= 4 is 35.2 Å². The average molecular weight is 808 g/mol. The highest BCUT2D eigenvalue weighted by Crippen LogP contribution is 2.79. The van der Waals surface area contributed by atoms with E-state index >= 15 is 35.1 Å². The summed E-state index contributed by atoms with van der Waals surface area (Å²) in [6.45, 7) is 10.9. The van der Waals surface area contributed by atoms with Gasteiger partial charge in [0.2, 0.25) is 6.28 Å². The topological polar surface area (TPSA) is 12.5 Å². The van der Waals surface area contributed by atoms with Crippen LogP contribution in [0, 0.1) is 99.7 Å². The van der Waals surface area contributed by atoms with Gasteiger partial charge >= 0.3 is 0 Å². The predicted molar refractivity (Wildman–Crippen MR) is 201 cm³/mol. The molecule has 2 fully saturated rings. The van der Waals surface area contributed by atoms with Crippen LogP contribution in [0.5, 0.6) is 0 Å². The molecule has 2 aliphatic carbocycles. The van der Waals surface area contributed by atoms with E-state index in [-0.39, 0.29) is 25.7 Å². The second-order valence-electron chi connectivity index (χ2n) is 15.9. The lowest BCUT2D eigenvalue weighted by atomic mass is 9.20. The number of hydrogen-bond acceptors (Lipinski definition) is 2. The zero-order chi connectivity index (χ0) is 40.8. The Morgan fingerprint density at radius 3 is 1.32 bits per heavy atom. The zero-order valence-electron chi connectivity index (χ0n) is 31.8. The van der Waals surface area contributed by atoms with E-state index in [0.29, 0.717) is 52.1 Å². The lowest BCUT2D eigenvalue weighted by Crippen LogP contribution is -2.74. The van der Waals surface area contributed by atoms with Crippen LogP contribution in [-0.2, 0) is 4.84 Å². The number of fused-ring (bicyclic) bond motifs is 1. The molecule has 0 spiro atoms. The van der Waals surface area contributed by atoms with E-state index in [1.54, 1.807) is 39.8 Å². The minimum atomic E-state index is -4.48. The van der Waals surface area contributed by atoms with Crippen LogP contribution in [0.1, 0.15) is 78.3 Å². The molecule has 14 heteroatoms. The number of benzene rings is 4. The Hall–Kier alpha value is -3.67. The summed E-state index contributed by atoms with van der Waals surface area (Å²) in [6, 6.07) is 7.46. The normalized spacial score (nSPS) is 21.8. The standard InChI is InChI=1S/C42H41BF10NOP/c1-20-16-22(3)41(23(4)17-20)56(42-24(5)18-21(2)19-25(42)6)28-15-11-10-14-27(28)43(54(56)55-26-12-8-7-9-13-26,29-31(44)35(48)39(52)36(49)32(29)45)30-33(46)37(50)40(53)38(51)34(30)47/h8,12,16-19,26-28H,7,9-11,13-15H2,1-6H3/t26-,27+,28+/m0/s1. The van der Waals surface area contributed by atoms with Gasteiger partial charge in [-0.2, -0.15) is 0 Å². The molecule has 3 atom stereocenters. The van der Waals surface area contributed by atoms with Crippen molar-refractivity contribution in [2.45, 2.75) is 104 Å². The molecule has 2 nitrogen and oxygen atoms in total. The van der Waals surface area contributed by atoms with Gasteiger partial charge in [-0.3, -0.25) is 4.84 Å². The minimum absolute atomic E-state index is 0.125. The van der Waals surface area contributed by atoms with Gasteiger partial charge in [-0.05, 0) is 95.9 Å². The Balaban J connectivity index is 1.84. The van der Waals surface area contributed by atoms with Crippen molar-refractivity contribution in [2.75, 3.05) is 0 Å². The highest BCUT2D eigenvalue weighted by atomic mass is 31.2. The fourth-order valence-electron chi connectivity index (χ4n) is 10.8. The van der Waals surface area contributed by atoms with Crippen molar-refractivity contribution in [3.8, 4) is 0 Å². The Morgan fingerprint density at radius 1 is 0.536 bits per heavy atom. The zero-order valence-corrected chi connectivity index (χ0v) is 32.7. The number of nitrogens with zero attached hydrogens (tertiary/aromatic N) is 1. The first-order valence-corrected chi connectivity index (χ1v) is 20.6. The largest absolute Gasteiger partial charge is 0.299 e. The van der Waals surface area contributed by atoms with Crippen LogP contribution in [0.25, 0.3) is 0 Å². The third-order valence-corrected chi connectivity index (χ3v) is 17.8. The summed E-state index contributed by atoms with van der Waals surface area (Å²) in [5.41, 5.74) is 0.00946. The van der Waals surface area contributed by atoms with Gasteiger partial charge in [0, 0.05) is 0 Å². The van der Waals surface area contributed by atoms with Crippen molar-refractivity contribution < 1.29 is 48.7 Å². The third-order valence-electron chi connectivity index (χ3n) is 12.3. The van der Waals surface area contributed by atoms with Crippen LogP contribution >= 0.6 is 7.41 Å². The molecule has 1 saturated heterocycles. The van der Waals surface area contributed by atoms with E-state index in [4.69, 9.17) is 4.84 Å². The van der Waals surface area contributed by atoms with Gasteiger partial charge in [-0.1, -0.05) is 66.2 Å². The van der Waals surface area contributed by atoms with E-state index in [1.165, 1.54) is 0 Å². The van der Waals surface area contributed by atoms with Crippen LogP contribution in [0.2, 0.25) is 5.82 Å². The van der Waals surface area contributed by atoms with Crippen LogP contribution in [-0.4, -0.2) is 22.8 Å². The molecule has 1 heterocycles. The van der Waals surface area contributed by atoms with Gasteiger partial charge in [0.1, 0.15) is 41.3 Å². The van der Waals surface area contributed by atoms with Gasteiger partial charge in [0.15, 0.2) is 34.9 Å². The number of allylic oxidation sites excluding steroid dienone is 1. The SMILES string of the molecule is Cc1cc(C)c([P+]2(c3c(C)cc(C)cc3C)[C@@H]3CCCC[C@H]3[B-](c3c(F)c(F)c(F)c(F)c3F)(c3c(F)c(F)c(F)c(F)c3F)N2O[C@H]2C=CCCC2)c(C)c1. The minimum Gasteiger partial charge on any atom is -0.299 e. The summed E-state index contributed by atoms with van der Waals surface area (Å²) >= 11 is 0. The van der Waals surface area contributed by atoms with Gasteiger partial charge in [0.25, 0.3) is 0 Å². The molecule has 4 aromatic rings. The van der Waals surface area contributed by atoms with Crippen molar-refractivity contribution in [3.63, 3.8) is 0 Å². The maximum Gasteiger partial charge on any atom is 0.212 e. The molecule has 7 rings (SSSR count). The quantitative estimate of drug-likeness (QED) is 0.0481. The molecule has 4 aromatic carbocycles. The number of rotatable bonds is 6. The highest BCUT2D eigenvalue weighted by molar-refractivity contribution is 7.91. The molecule has 0 aromatic heterocycles. The van der Waals surface area contributed by atoms with Crippen LogP contribution in [0.4, 0.5) is 43.9 Å². The maximum atomic E-state index is 17.0. The van der Waals surface area contributed by atoms with E-state index in [1.807, 2.05) is 38.1 Å². The first kappa shape index (κ1) is 40.5. The Bertz CT molecular complexity index is 2080. The molecule has 0 bridgehead atoms. The second-order valence-corrected chi connectivity index (χ2v) is 19.2. The molecule has 0 amide bonds. The molecule has 298 valence electrons. The predicted octanol–water partition coefficient (Wildman–Crippen LogP) is 10.2. The van der Waals surface area contributed by atoms with Gasteiger partial charge in [-0.25, -0.2) is 48.6 Å². The summed E-state index contributed by atoms with van der Waals surface area (Å²) in [6.07, 6.45) is 0.188. The molecule has 0 unspecified atom stereocenters. The maximum absolute atomic E-state index is 17.0. The second kappa shape index (κ2) is 14.6. The molecule has 0 radical (unpaired) electrons. The lowest BCUT2D eigenvalue weighted by molar-refractivity contribution is -0.0621. The molecule has 1 saturated carbocycles. The summed E-state index contributed by atoms with van der Waals surface area (Å²) < 4.78 is 162. The Morgan fingerprint density at radius 2 is 0.929 bits per heavy atom. The smallest absolute Gasteiger partial charge is 0.212 e. The van der Waals surface area contributed by atoms with Crippen LogP contribution in [0.15, 0.2) is 36.4 Å². The summed E-state index contributed by atoms with van der Waals surface area (Å²) in [5, 5.41) is 1.15. The molecule has 0 N–H and O–H groups in total. The van der Waals surface area contributed by atoms with Crippen molar-refractivity contribution in [3.05, 3.63) is 128 Å². The summed E-state index contributed by atoms with van der Waals surface area (Å²) in [7, 11) is -3.91. The van der Waals surface area contributed by atoms with Crippen LogP contribution in [0.3, 0.4) is 0 Å². The number of halogens is 10. The first-order valence-electron chi connectivity index (χ1n) is 18.8. The Kier molecular flexibility index (Phi) is 10.6. The summed E-state index contributed by atoms with van der Waals surface area (Å²) in [4.78, 5) is 6.99. The fraction of sp³-hybridized carbons (Fsp3) is 0.381. The van der Waals surface area contributed by atoms with E-state index in [9.17, 15) is 8.78 Å². The lowest BCUT2D eigenvalue weighted by Gasteiger charge is -2.51. The number of aryl methyl sites for hydroxylation is 6.